The summed E-state index contributed by atoms with van der Waals surface area (Å²) in [6.45, 7) is 5.06. The van der Waals surface area contributed by atoms with Crippen LogP contribution >= 0.6 is 0 Å². The van der Waals surface area contributed by atoms with Crippen LogP contribution in [0.1, 0.15) is 26.7 Å². The van der Waals surface area contributed by atoms with E-state index in [9.17, 15) is 8.78 Å². The molecule has 0 amide bonds. The Hall–Kier alpha value is -0.260. The fraction of sp³-hybridized carbons (Fsp3) is 1.00. The first kappa shape index (κ1) is 13.8. The number of ether oxygens (including phenoxy) is 2. The maximum atomic E-state index is 12.0. The number of alkyl halides is 2. The minimum Gasteiger partial charge on any atom is -0.374 e. The van der Waals surface area contributed by atoms with E-state index in [1.165, 1.54) is 0 Å². The molecule has 1 aliphatic rings. The summed E-state index contributed by atoms with van der Waals surface area (Å²) in [5.74, 6) is 0. The van der Waals surface area contributed by atoms with E-state index < -0.39 is 13.0 Å². The van der Waals surface area contributed by atoms with Crippen molar-refractivity contribution >= 4 is 0 Å². The summed E-state index contributed by atoms with van der Waals surface area (Å²) >= 11 is 0. The zero-order valence-electron chi connectivity index (χ0n) is 9.92. The Kier molecular flexibility index (Phi) is 6.16. The molecule has 0 aromatic heterocycles. The predicted octanol–water partition coefficient (Wildman–Crippen LogP) is 1.81. The zero-order valence-corrected chi connectivity index (χ0v) is 9.92. The molecule has 0 bridgehead atoms. The highest BCUT2D eigenvalue weighted by atomic mass is 19.3. The molecule has 96 valence electrons. The van der Waals surface area contributed by atoms with Gasteiger partial charge in [0.25, 0.3) is 6.43 Å². The lowest BCUT2D eigenvalue weighted by Crippen LogP contribution is -2.60. The Morgan fingerprint density at radius 3 is 2.62 bits per heavy atom. The Bertz CT molecular complexity index is 193. The van der Waals surface area contributed by atoms with Crippen molar-refractivity contribution in [3.8, 4) is 0 Å². The molecule has 0 radical (unpaired) electrons. The number of hydrogen-bond donors (Lipinski definition) is 1. The average Bonchev–Trinajstić information content (AvgIpc) is 2.22. The molecular formula is C11H21F2NO2. The van der Waals surface area contributed by atoms with E-state index in [4.69, 9.17) is 9.47 Å². The highest BCUT2D eigenvalue weighted by Crippen LogP contribution is 2.27. The normalized spacial score (nSPS) is 29.4. The van der Waals surface area contributed by atoms with Crippen molar-refractivity contribution in [2.45, 2.75) is 51.4 Å². The number of hydrogen-bond acceptors (Lipinski definition) is 3. The van der Waals surface area contributed by atoms with Gasteiger partial charge >= 0.3 is 0 Å². The van der Waals surface area contributed by atoms with Crippen LogP contribution in [-0.4, -0.2) is 44.4 Å². The fourth-order valence-corrected chi connectivity index (χ4v) is 1.88. The van der Waals surface area contributed by atoms with Crippen LogP contribution in [0.25, 0.3) is 0 Å². The standard InChI is InChI=1S/C11H21F2NO2/c1-3-5-15-11-8(14-4-2)6-9(11)16-7-10(12)13/h8-11,14H,3-7H2,1-2H3. The largest absolute Gasteiger partial charge is 0.374 e. The van der Waals surface area contributed by atoms with E-state index in [1.54, 1.807) is 0 Å². The summed E-state index contributed by atoms with van der Waals surface area (Å²) < 4.78 is 34.7. The van der Waals surface area contributed by atoms with Crippen LogP contribution < -0.4 is 5.32 Å². The lowest BCUT2D eigenvalue weighted by molar-refractivity contribution is -0.160. The fourth-order valence-electron chi connectivity index (χ4n) is 1.88. The minimum absolute atomic E-state index is 0.0707. The molecule has 1 fully saturated rings. The monoisotopic (exact) mass is 237 g/mol. The topological polar surface area (TPSA) is 30.5 Å². The summed E-state index contributed by atoms with van der Waals surface area (Å²) in [4.78, 5) is 0. The average molecular weight is 237 g/mol. The van der Waals surface area contributed by atoms with Crippen LogP contribution in [0.4, 0.5) is 8.78 Å². The first-order valence-corrected chi connectivity index (χ1v) is 5.93. The van der Waals surface area contributed by atoms with Crippen LogP contribution in [0, 0.1) is 0 Å². The number of likely N-dealkylation sites (N-methyl/N-ethyl adjacent to an activating group) is 1. The van der Waals surface area contributed by atoms with E-state index in [1.807, 2.05) is 13.8 Å². The molecule has 3 nitrogen and oxygen atoms in total. The van der Waals surface area contributed by atoms with E-state index in [0.29, 0.717) is 6.61 Å². The first-order chi connectivity index (χ1) is 7.69. The lowest BCUT2D eigenvalue weighted by Gasteiger charge is -2.44. The summed E-state index contributed by atoms with van der Waals surface area (Å²) in [5.41, 5.74) is 0. The molecular weight excluding hydrogens is 216 g/mol. The van der Waals surface area contributed by atoms with Crippen LogP contribution in [0.3, 0.4) is 0 Å². The van der Waals surface area contributed by atoms with Crippen molar-refractivity contribution in [1.29, 1.82) is 0 Å². The van der Waals surface area contributed by atoms with Crippen LogP contribution in [0.5, 0.6) is 0 Å². The van der Waals surface area contributed by atoms with Gasteiger partial charge in [-0.05, 0) is 19.4 Å². The third-order valence-electron chi connectivity index (χ3n) is 2.67. The number of halogens is 2. The lowest BCUT2D eigenvalue weighted by atomic mass is 9.85. The summed E-state index contributed by atoms with van der Waals surface area (Å²) in [6, 6.07) is 0.249. The molecule has 16 heavy (non-hydrogen) atoms. The number of rotatable bonds is 8. The van der Waals surface area contributed by atoms with Gasteiger partial charge in [-0.15, -0.1) is 0 Å². The van der Waals surface area contributed by atoms with Crippen molar-refractivity contribution in [1.82, 2.24) is 5.32 Å². The van der Waals surface area contributed by atoms with E-state index in [-0.39, 0.29) is 18.2 Å². The maximum Gasteiger partial charge on any atom is 0.261 e. The Morgan fingerprint density at radius 1 is 1.31 bits per heavy atom. The predicted molar refractivity (Wildman–Crippen MR) is 57.9 cm³/mol. The molecule has 0 aliphatic heterocycles. The molecule has 1 aliphatic carbocycles. The third kappa shape index (κ3) is 3.96. The SMILES string of the molecule is CCCOC1C(NCC)CC1OCC(F)F. The zero-order chi connectivity index (χ0) is 12.0. The second kappa shape index (κ2) is 7.14. The van der Waals surface area contributed by atoms with Gasteiger partial charge in [0.05, 0.1) is 12.2 Å². The van der Waals surface area contributed by atoms with Gasteiger partial charge in [-0.2, -0.15) is 0 Å². The molecule has 5 heteroatoms. The quantitative estimate of drug-likeness (QED) is 0.698. The molecule has 0 saturated heterocycles. The molecule has 0 aromatic rings. The van der Waals surface area contributed by atoms with Crippen molar-refractivity contribution in [3.05, 3.63) is 0 Å². The molecule has 3 atom stereocenters. The molecule has 3 unspecified atom stereocenters. The molecule has 0 heterocycles. The van der Waals surface area contributed by atoms with Gasteiger partial charge in [0.1, 0.15) is 6.61 Å². The second-order valence-corrected chi connectivity index (χ2v) is 4.00. The van der Waals surface area contributed by atoms with Gasteiger partial charge in [0.2, 0.25) is 0 Å². The Balaban J connectivity index is 2.28. The van der Waals surface area contributed by atoms with Crippen molar-refractivity contribution in [2.24, 2.45) is 0 Å². The third-order valence-corrected chi connectivity index (χ3v) is 2.67. The summed E-state index contributed by atoms with van der Waals surface area (Å²) in [7, 11) is 0. The van der Waals surface area contributed by atoms with Gasteiger partial charge in [0.15, 0.2) is 0 Å². The van der Waals surface area contributed by atoms with Gasteiger partial charge in [-0.1, -0.05) is 13.8 Å². The highest BCUT2D eigenvalue weighted by Gasteiger charge is 2.42. The van der Waals surface area contributed by atoms with E-state index in [0.717, 1.165) is 19.4 Å². The Morgan fingerprint density at radius 2 is 2.06 bits per heavy atom. The van der Waals surface area contributed by atoms with Crippen molar-refractivity contribution in [3.63, 3.8) is 0 Å². The van der Waals surface area contributed by atoms with Crippen LogP contribution in [0.2, 0.25) is 0 Å². The van der Waals surface area contributed by atoms with E-state index in [2.05, 4.69) is 5.32 Å². The van der Waals surface area contributed by atoms with Gasteiger partial charge < -0.3 is 14.8 Å². The van der Waals surface area contributed by atoms with Crippen molar-refractivity contribution in [2.75, 3.05) is 19.8 Å². The molecule has 1 N–H and O–H groups in total. The van der Waals surface area contributed by atoms with Gasteiger partial charge in [-0.3, -0.25) is 0 Å². The first-order valence-electron chi connectivity index (χ1n) is 5.93. The summed E-state index contributed by atoms with van der Waals surface area (Å²) in [5, 5.41) is 3.27. The van der Waals surface area contributed by atoms with Crippen LogP contribution in [-0.2, 0) is 9.47 Å². The molecule has 0 aromatic carbocycles. The van der Waals surface area contributed by atoms with E-state index >= 15 is 0 Å². The second-order valence-electron chi connectivity index (χ2n) is 4.00. The maximum absolute atomic E-state index is 12.0. The summed E-state index contributed by atoms with van der Waals surface area (Å²) in [6.07, 6.45) is -0.959. The smallest absolute Gasteiger partial charge is 0.261 e. The van der Waals surface area contributed by atoms with Gasteiger partial charge in [0, 0.05) is 12.6 Å². The molecule has 0 spiro atoms. The van der Waals surface area contributed by atoms with Crippen molar-refractivity contribution < 1.29 is 18.3 Å². The molecule has 1 rings (SSSR count). The van der Waals surface area contributed by atoms with Gasteiger partial charge in [-0.25, -0.2) is 8.78 Å². The molecule has 1 saturated carbocycles. The highest BCUT2D eigenvalue weighted by molar-refractivity contribution is 4.97. The van der Waals surface area contributed by atoms with Crippen LogP contribution in [0.15, 0.2) is 0 Å². The Labute approximate surface area is 95.5 Å². The minimum atomic E-state index is -2.40. The number of nitrogens with one attached hydrogen (secondary N) is 1.